The minimum atomic E-state index is -0.164. The summed E-state index contributed by atoms with van der Waals surface area (Å²) in [6, 6.07) is 4.58. The predicted molar refractivity (Wildman–Crippen MR) is 85.6 cm³/mol. The number of thioether (sulfide) groups is 1. The SMILES string of the molecule is CCNC(=O)C(C)Sc1nnc(-c2cccs2)n1C1CC1. The van der Waals surface area contributed by atoms with E-state index >= 15 is 0 Å². The lowest BCUT2D eigenvalue weighted by Crippen LogP contribution is -2.30. The van der Waals surface area contributed by atoms with Crippen molar-refractivity contribution in [1.29, 1.82) is 0 Å². The molecule has 21 heavy (non-hydrogen) atoms. The molecule has 0 radical (unpaired) electrons. The first kappa shape index (κ1) is 14.6. The van der Waals surface area contributed by atoms with Crippen LogP contribution in [0.1, 0.15) is 32.7 Å². The molecule has 1 amide bonds. The summed E-state index contributed by atoms with van der Waals surface area (Å²) in [5, 5.41) is 14.2. The molecular weight excluding hydrogens is 304 g/mol. The first-order valence-electron chi connectivity index (χ1n) is 7.13. The summed E-state index contributed by atoms with van der Waals surface area (Å²) < 4.78 is 2.20. The smallest absolute Gasteiger partial charge is 0.233 e. The summed E-state index contributed by atoms with van der Waals surface area (Å²) in [6.45, 7) is 4.49. The summed E-state index contributed by atoms with van der Waals surface area (Å²) >= 11 is 3.16. The lowest BCUT2D eigenvalue weighted by atomic mass is 10.4. The average molecular weight is 322 g/mol. The van der Waals surface area contributed by atoms with Crippen molar-refractivity contribution in [3.05, 3.63) is 17.5 Å². The third kappa shape index (κ3) is 3.13. The highest BCUT2D eigenvalue weighted by Gasteiger charge is 2.31. The Morgan fingerprint density at radius 2 is 2.38 bits per heavy atom. The Morgan fingerprint density at radius 1 is 1.57 bits per heavy atom. The molecule has 5 nitrogen and oxygen atoms in total. The van der Waals surface area contributed by atoms with Gasteiger partial charge in [-0.2, -0.15) is 0 Å². The quantitative estimate of drug-likeness (QED) is 0.831. The number of nitrogens with zero attached hydrogens (tertiary/aromatic N) is 3. The van der Waals surface area contributed by atoms with E-state index < -0.39 is 0 Å². The molecule has 1 aliphatic rings. The zero-order valence-electron chi connectivity index (χ0n) is 12.1. The van der Waals surface area contributed by atoms with Gasteiger partial charge in [0, 0.05) is 12.6 Å². The van der Waals surface area contributed by atoms with E-state index in [2.05, 4.69) is 26.1 Å². The van der Waals surface area contributed by atoms with Crippen LogP contribution >= 0.6 is 23.1 Å². The fourth-order valence-electron chi connectivity index (χ4n) is 2.12. The second-order valence-corrected chi connectivity index (χ2v) is 7.29. The highest BCUT2D eigenvalue weighted by molar-refractivity contribution is 8.00. The molecule has 2 heterocycles. The highest BCUT2D eigenvalue weighted by Crippen LogP contribution is 2.42. The van der Waals surface area contributed by atoms with Crippen molar-refractivity contribution in [2.75, 3.05) is 6.54 Å². The second-order valence-electron chi connectivity index (χ2n) is 5.04. The van der Waals surface area contributed by atoms with Crippen LogP contribution in [0, 0.1) is 0 Å². The molecule has 7 heteroatoms. The van der Waals surface area contributed by atoms with Crippen LogP contribution < -0.4 is 5.32 Å². The summed E-state index contributed by atoms with van der Waals surface area (Å²) in [6.07, 6.45) is 2.33. The lowest BCUT2D eigenvalue weighted by Gasteiger charge is -2.12. The maximum Gasteiger partial charge on any atom is 0.233 e. The van der Waals surface area contributed by atoms with Crippen LogP contribution in [0.25, 0.3) is 10.7 Å². The highest BCUT2D eigenvalue weighted by atomic mass is 32.2. The van der Waals surface area contributed by atoms with Crippen LogP contribution in [0.15, 0.2) is 22.7 Å². The first-order valence-corrected chi connectivity index (χ1v) is 8.89. The maximum absolute atomic E-state index is 11.9. The van der Waals surface area contributed by atoms with Crippen molar-refractivity contribution in [3.8, 4) is 10.7 Å². The second kappa shape index (κ2) is 6.19. The van der Waals surface area contributed by atoms with Gasteiger partial charge in [0.15, 0.2) is 11.0 Å². The summed E-state index contributed by atoms with van der Waals surface area (Å²) in [7, 11) is 0. The molecule has 1 N–H and O–H groups in total. The molecule has 0 aliphatic heterocycles. The molecule has 0 aromatic carbocycles. The van der Waals surface area contributed by atoms with Gasteiger partial charge in [-0.3, -0.25) is 9.36 Å². The van der Waals surface area contributed by atoms with Crippen LogP contribution in [0.3, 0.4) is 0 Å². The molecule has 1 saturated carbocycles. The number of carbonyl (C=O) groups excluding carboxylic acids is 1. The van der Waals surface area contributed by atoms with Gasteiger partial charge in [0.25, 0.3) is 0 Å². The molecule has 1 unspecified atom stereocenters. The number of carbonyl (C=O) groups is 1. The third-order valence-electron chi connectivity index (χ3n) is 3.32. The zero-order chi connectivity index (χ0) is 14.8. The van der Waals surface area contributed by atoms with Crippen LogP contribution in [0.5, 0.6) is 0 Å². The van der Waals surface area contributed by atoms with Crippen LogP contribution in [0.4, 0.5) is 0 Å². The van der Waals surface area contributed by atoms with Gasteiger partial charge in [-0.15, -0.1) is 21.5 Å². The number of amides is 1. The number of thiophene rings is 1. The van der Waals surface area contributed by atoms with E-state index in [0.717, 1.165) is 15.9 Å². The molecule has 2 aromatic heterocycles. The Kier molecular flexibility index (Phi) is 4.30. The molecular formula is C14H18N4OS2. The number of hydrogen-bond donors (Lipinski definition) is 1. The molecule has 3 rings (SSSR count). The lowest BCUT2D eigenvalue weighted by molar-refractivity contribution is -0.120. The van der Waals surface area contributed by atoms with E-state index in [0.29, 0.717) is 12.6 Å². The molecule has 1 aliphatic carbocycles. The monoisotopic (exact) mass is 322 g/mol. The summed E-state index contributed by atoms with van der Waals surface area (Å²) in [5.74, 6) is 0.976. The first-order chi connectivity index (χ1) is 10.2. The van der Waals surface area contributed by atoms with Gasteiger partial charge < -0.3 is 5.32 Å². The van der Waals surface area contributed by atoms with Gasteiger partial charge in [-0.1, -0.05) is 17.8 Å². The Hall–Kier alpha value is -1.34. The van der Waals surface area contributed by atoms with E-state index in [9.17, 15) is 4.79 Å². The topological polar surface area (TPSA) is 59.8 Å². The van der Waals surface area contributed by atoms with Gasteiger partial charge >= 0.3 is 0 Å². The Balaban J connectivity index is 1.84. The van der Waals surface area contributed by atoms with E-state index in [-0.39, 0.29) is 11.2 Å². The molecule has 2 aromatic rings. The number of aromatic nitrogens is 3. The molecule has 1 atom stereocenters. The van der Waals surface area contributed by atoms with Gasteiger partial charge in [-0.25, -0.2) is 0 Å². The molecule has 0 spiro atoms. The van der Waals surface area contributed by atoms with Crippen molar-refractivity contribution < 1.29 is 4.79 Å². The Morgan fingerprint density at radius 3 is 3.00 bits per heavy atom. The minimum absolute atomic E-state index is 0.0468. The predicted octanol–water partition coefficient (Wildman–Crippen LogP) is 2.96. The molecule has 0 bridgehead atoms. The van der Waals surface area contributed by atoms with Crippen LogP contribution in [-0.2, 0) is 4.79 Å². The van der Waals surface area contributed by atoms with Gasteiger partial charge in [0.05, 0.1) is 10.1 Å². The van der Waals surface area contributed by atoms with E-state index in [1.54, 1.807) is 11.3 Å². The summed E-state index contributed by atoms with van der Waals surface area (Å²) in [5.41, 5.74) is 0. The van der Waals surface area contributed by atoms with Gasteiger partial charge in [-0.05, 0) is 38.1 Å². The molecule has 112 valence electrons. The van der Waals surface area contributed by atoms with Gasteiger partial charge in [0.2, 0.25) is 5.91 Å². The normalized spacial score (nSPS) is 15.9. The largest absolute Gasteiger partial charge is 0.355 e. The average Bonchev–Trinajstić information content (AvgIpc) is 3.01. The van der Waals surface area contributed by atoms with Crippen molar-refractivity contribution in [3.63, 3.8) is 0 Å². The van der Waals surface area contributed by atoms with Crippen molar-refractivity contribution in [2.45, 2.75) is 43.1 Å². The third-order valence-corrected chi connectivity index (χ3v) is 5.24. The van der Waals surface area contributed by atoms with Crippen LogP contribution in [-0.4, -0.2) is 32.5 Å². The number of nitrogens with one attached hydrogen (secondary N) is 1. The Bertz CT molecular complexity index is 619. The van der Waals surface area contributed by atoms with Crippen LogP contribution in [0.2, 0.25) is 0 Å². The van der Waals surface area contributed by atoms with Crippen molar-refractivity contribution in [2.24, 2.45) is 0 Å². The maximum atomic E-state index is 11.9. The molecule has 0 saturated heterocycles. The number of hydrogen-bond acceptors (Lipinski definition) is 5. The van der Waals surface area contributed by atoms with Crippen molar-refractivity contribution in [1.82, 2.24) is 20.1 Å². The fraction of sp³-hybridized carbons (Fsp3) is 0.500. The fourth-order valence-corrected chi connectivity index (χ4v) is 3.77. The number of rotatable bonds is 6. The Labute approximate surface area is 132 Å². The minimum Gasteiger partial charge on any atom is -0.355 e. The van der Waals surface area contributed by atoms with Gasteiger partial charge in [0.1, 0.15) is 0 Å². The van der Waals surface area contributed by atoms with E-state index in [1.165, 1.54) is 24.6 Å². The van der Waals surface area contributed by atoms with E-state index in [4.69, 9.17) is 0 Å². The zero-order valence-corrected chi connectivity index (χ0v) is 13.7. The molecule has 1 fully saturated rings. The van der Waals surface area contributed by atoms with E-state index in [1.807, 2.05) is 25.3 Å². The van der Waals surface area contributed by atoms with Crippen molar-refractivity contribution >= 4 is 29.0 Å². The standard InChI is InChI=1S/C14H18N4OS2/c1-3-15-13(19)9(2)21-14-17-16-12(11-5-4-8-20-11)18(14)10-6-7-10/h4-5,8-10H,3,6-7H2,1-2H3,(H,15,19). The summed E-state index contributed by atoms with van der Waals surface area (Å²) in [4.78, 5) is 13.0.